The molecule has 4 nitrogen and oxygen atoms in total. The molecule has 1 amide bonds. The molecule has 142 valence electrons. The van der Waals surface area contributed by atoms with Gasteiger partial charge in [0.25, 0.3) is 0 Å². The fourth-order valence-corrected chi connectivity index (χ4v) is 3.72. The van der Waals surface area contributed by atoms with E-state index >= 15 is 0 Å². The molecule has 4 heteroatoms. The number of aromatic nitrogens is 1. The molecular formula is C24H25N3O. The summed E-state index contributed by atoms with van der Waals surface area (Å²) >= 11 is 0. The van der Waals surface area contributed by atoms with Crippen molar-refractivity contribution in [2.24, 2.45) is 0 Å². The molecule has 0 aliphatic rings. The molecule has 0 saturated heterocycles. The molecule has 1 aromatic heterocycles. The quantitative estimate of drug-likeness (QED) is 0.453. The molecule has 0 fully saturated rings. The fraction of sp³-hybridized carbons (Fsp3) is 0.208. The summed E-state index contributed by atoms with van der Waals surface area (Å²) in [4.78, 5) is 15.5. The largest absolute Gasteiger partial charge is 0.361 e. The third-order valence-electron chi connectivity index (χ3n) is 5.25. The molecule has 0 radical (unpaired) electrons. The van der Waals surface area contributed by atoms with Crippen LogP contribution in [0.1, 0.15) is 24.1 Å². The van der Waals surface area contributed by atoms with Crippen molar-refractivity contribution in [3.63, 3.8) is 0 Å². The Morgan fingerprint density at radius 1 is 0.964 bits per heavy atom. The van der Waals surface area contributed by atoms with E-state index in [1.807, 2.05) is 24.4 Å². The van der Waals surface area contributed by atoms with E-state index in [1.54, 1.807) is 0 Å². The standard InChI is InChI=1S/C24H25N3O/c1-17(20-11-6-8-18-7-2-3-9-21(18)20)26-16-24(28)25-14-13-19-15-27-23-12-5-4-10-22(19)23/h2-12,15,17,26-27H,13-14,16H2,1H3,(H,25,28)/t17-/m1/s1. The van der Waals surface area contributed by atoms with Crippen LogP contribution in [0.15, 0.2) is 72.9 Å². The molecule has 0 unspecified atom stereocenters. The van der Waals surface area contributed by atoms with Gasteiger partial charge in [-0.25, -0.2) is 0 Å². The van der Waals surface area contributed by atoms with Crippen molar-refractivity contribution in [1.82, 2.24) is 15.6 Å². The van der Waals surface area contributed by atoms with E-state index in [9.17, 15) is 4.79 Å². The summed E-state index contributed by atoms with van der Waals surface area (Å²) in [7, 11) is 0. The van der Waals surface area contributed by atoms with Gasteiger partial charge in [0, 0.05) is 29.7 Å². The number of fused-ring (bicyclic) bond motifs is 2. The van der Waals surface area contributed by atoms with Crippen molar-refractivity contribution in [2.45, 2.75) is 19.4 Å². The van der Waals surface area contributed by atoms with Crippen LogP contribution >= 0.6 is 0 Å². The molecule has 4 aromatic rings. The molecule has 0 bridgehead atoms. The van der Waals surface area contributed by atoms with Gasteiger partial charge < -0.3 is 15.6 Å². The van der Waals surface area contributed by atoms with Gasteiger partial charge in [-0.15, -0.1) is 0 Å². The average molecular weight is 371 g/mol. The van der Waals surface area contributed by atoms with Gasteiger partial charge in [0.05, 0.1) is 6.54 Å². The summed E-state index contributed by atoms with van der Waals surface area (Å²) in [6, 6.07) is 23.0. The highest BCUT2D eigenvalue weighted by Gasteiger charge is 2.11. The van der Waals surface area contributed by atoms with Crippen LogP contribution in [0.2, 0.25) is 0 Å². The first kappa shape index (κ1) is 18.3. The number of para-hydroxylation sites is 1. The zero-order valence-corrected chi connectivity index (χ0v) is 16.0. The van der Waals surface area contributed by atoms with Crippen LogP contribution in [0.25, 0.3) is 21.7 Å². The number of amides is 1. The number of H-pyrrole nitrogens is 1. The number of carbonyl (C=O) groups is 1. The first-order valence-corrected chi connectivity index (χ1v) is 9.75. The molecule has 1 heterocycles. The highest BCUT2D eigenvalue weighted by molar-refractivity contribution is 5.86. The molecule has 0 spiro atoms. The Balaban J connectivity index is 1.29. The summed E-state index contributed by atoms with van der Waals surface area (Å²) in [6.45, 7) is 3.03. The maximum atomic E-state index is 12.3. The first-order valence-electron chi connectivity index (χ1n) is 9.75. The zero-order valence-electron chi connectivity index (χ0n) is 16.0. The summed E-state index contributed by atoms with van der Waals surface area (Å²) in [5.74, 6) is 0.0203. The minimum Gasteiger partial charge on any atom is -0.361 e. The van der Waals surface area contributed by atoms with Crippen molar-refractivity contribution in [1.29, 1.82) is 0 Å². The Morgan fingerprint density at radius 2 is 1.71 bits per heavy atom. The predicted molar refractivity (Wildman–Crippen MR) is 115 cm³/mol. The lowest BCUT2D eigenvalue weighted by molar-refractivity contribution is -0.120. The van der Waals surface area contributed by atoms with Gasteiger partial charge in [-0.05, 0) is 41.3 Å². The Labute approximate surface area is 165 Å². The average Bonchev–Trinajstić information content (AvgIpc) is 3.15. The van der Waals surface area contributed by atoms with Crippen LogP contribution in [0.5, 0.6) is 0 Å². The predicted octanol–water partition coefficient (Wildman–Crippen LogP) is 4.33. The van der Waals surface area contributed by atoms with Crippen molar-refractivity contribution >= 4 is 27.6 Å². The molecule has 28 heavy (non-hydrogen) atoms. The summed E-state index contributed by atoms with van der Waals surface area (Å²) in [6.07, 6.45) is 2.84. The minimum atomic E-state index is 0.0203. The third kappa shape index (κ3) is 3.92. The van der Waals surface area contributed by atoms with Gasteiger partial charge in [-0.2, -0.15) is 0 Å². The molecule has 0 aliphatic carbocycles. The fourth-order valence-electron chi connectivity index (χ4n) is 3.72. The van der Waals surface area contributed by atoms with Crippen molar-refractivity contribution in [2.75, 3.05) is 13.1 Å². The number of aromatic amines is 1. The van der Waals surface area contributed by atoms with Gasteiger partial charge in [-0.3, -0.25) is 4.79 Å². The molecule has 0 saturated carbocycles. The normalized spacial score (nSPS) is 12.3. The van der Waals surface area contributed by atoms with Crippen LogP contribution in [0, 0.1) is 0 Å². The van der Waals surface area contributed by atoms with Gasteiger partial charge in [0.1, 0.15) is 0 Å². The van der Waals surface area contributed by atoms with E-state index in [1.165, 1.54) is 27.3 Å². The number of carbonyl (C=O) groups excluding carboxylic acids is 1. The van der Waals surface area contributed by atoms with E-state index in [2.05, 4.69) is 71.1 Å². The monoisotopic (exact) mass is 371 g/mol. The smallest absolute Gasteiger partial charge is 0.233 e. The molecule has 4 rings (SSSR count). The molecule has 1 atom stereocenters. The van der Waals surface area contributed by atoms with E-state index in [4.69, 9.17) is 0 Å². The minimum absolute atomic E-state index is 0.0203. The summed E-state index contributed by atoms with van der Waals surface area (Å²) in [5, 5.41) is 10.0. The molecule has 3 aromatic carbocycles. The van der Waals surface area contributed by atoms with Gasteiger partial charge >= 0.3 is 0 Å². The highest BCUT2D eigenvalue weighted by atomic mass is 16.1. The van der Waals surface area contributed by atoms with Crippen LogP contribution in [-0.4, -0.2) is 24.0 Å². The lowest BCUT2D eigenvalue weighted by Gasteiger charge is -2.16. The molecule has 3 N–H and O–H groups in total. The first-order chi connectivity index (χ1) is 13.7. The van der Waals surface area contributed by atoms with Crippen molar-refractivity contribution < 1.29 is 4.79 Å². The second-order valence-corrected chi connectivity index (χ2v) is 7.13. The van der Waals surface area contributed by atoms with Crippen LogP contribution in [-0.2, 0) is 11.2 Å². The van der Waals surface area contributed by atoms with E-state index < -0.39 is 0 Å². The Kier molecular flexibility index (Phi) is 5.40. The lowest BCUT2D eigenvalue weighted by atomic mass is 10.00. The summed E-state index contributed by atoms with van der Waals surface area (Å²) < 4.78 is 0. The van der Waals surface area contributed by atoms with Gasteiger partial charge in [0.2, 0.25) is 5.91 Å². The van der Waals surface area contributed by atoms with Gasteiger partial charge in [-0.1, -0.05) is 60.7 Å². The molecule has 0 aliphatic heterocycles. The Morgan fingerprint density at radius 3 is 2.61 bits per heavy atom. The van der Waals surface area contributed by atoms with Crippen LogP contribution < -0.4 is 10.6 Å². The zero-order chi connectivity index (χ0) is 19.3. The van der Waals surface area contributed by atoms with E-state index in [0.717, 1.165) is 11.9 Å². The van der Waals surface area contributed by atoms with Crippen molar-refractivity contribution in [3.05, 3.63) is 84.1 Å². The van der Waals surface area contributed by atoms with Crippen molar-refractivity contribution in [3.8, 4) is 0 Å². The topological polar surface area (TPSA) is 56.9 Å². The van der Waals surface area contributed by atoms with Gasteiger partial charge in [0.15, 0.2) is 0 Å². The third-order valence-corrected chi connectivity index (χ3v) is 5.25. The number of hydrogen-bond donors (Lipinski definition) is 3. The van der Waals surface area contributed by atoms with E-state index in [0.29, 0.717) is 13.1 Å². The second-order valence-electron chi connectivity index (χ2n) is 7.13. The summed E-state index contributed by atoms with van der Waals surface area (Å²) in [5.41, 5.74) is 3.58. The number of benzene rings is 3. The number of hydrogen-bond acceptors (Lipinski definition) is 2. The number of rotatable bonds is 7. The van der Waals surface area contributed by atoms with Crippen LogP contribution in [0.3, 0.4) is 0 Å². The SMILES string of the molecule is C[C@@H](NCC(=O)NCCc1c[nH]c2ccccc12)c1cccc2ccccc12. The second kappa shape index (κ2) is 8.28. The highest BCUT2D eigenvalue weighted by Crippen LogP contribution is 2.23. The maximum Gasteiger partial charge on any atom is 0.233 e. The Hall–Kier alpha value is -3.11. The molecular weight excluding hydrogens is 346 g/mol. The van der Waals surface area contributed by atoms with Crippen LogP contribution in [0.4, 0.5) is 0 Å². The maximum absolute atomic E-state index is 12.3. The Bertz CT molecular complexity index is 1090. The lowest BCUT2D eigenvalue weighted by Crippen LogP contribution is -2.36. The number of nitrogens with one attached hydrogen (secondary N) is 3. The van der Waals surface area contributed by atoms with E-state index in [-0.39, 0.29) is 11.9 Å².